The largest absolute Gasteiger partial charge is 0.504 e. The van der Waals surface area contributed by atoms with Gasteiger partial charge in [0.25, 0.3) is 5.91 Å². The van der Waals surface area contributed by atoms with Crippen molar-refractivity contribution < 1.29 is 14.6 Å². The number of carbonyl (C=O) groups is 1. The zero-order chi connectivity index (χ0) is 13.7. The fourth-order valence-electron chi connectivity index (χ4n) is 2.30. The second kappa shape index (κ2) is 6.43. The van der Waals surface area contributed by atoms with Crippen LogP contribution in [0, 0.1) is 5.92 Å². The number of carbonyl (C=O) groups excluding carboxylic acids is 1. The smallest absolute Gasteiger partial charge is 0.255 e. The molecule has 1 heterocycles. The molecule has 0 aliphatic carbocycles. The quantitative estimate of drug-likeness (QED) is 0.762. The molecule has 0 aromatic heterocycles. The van der Waals surface area contributed by atoms with Crippen LogP contribution in [0.1, 0.15) is 23.2 Å². The molecule has 1 saturated heterocycles. The molecule has 1 atom stereocenters. The molecule has 0 saturated carbocycles. The van der Waals surface area contributed by atoms with Gasteiger partial charge in [-0.2, -0.15) is 0 Å². The third kappa shape index (κ3) is 3.38. The molecule has 5 heteroatoms. The Hall–Kier alpha value is -1.75. The van der Waals surface area contributed by atoms with Crippen LogP contribution in [0.5, 0.6) is 11.5 Å². The number of ether oxygens (including phenoxy) is 1. The Labute approximate surface area is 113 Å². The van der Waals surface area contributed by atoms with Crippen LogP contribution in [-0.4, -0.2) is 37.8 Å². The number of hydrogen-bond acceptors (Lipinski definition) is 4. The van der Waals surface area contributed by atoms with E-state index in [2.05, 4.69) is 10.6 Å². The molecule has 1 aromatic rings. The van der Waals surface area contributed by atoms with Crippen molar-refractivity contribution in [2.45, 2.75) is 12.8 Å². The minimum Gasteiger partial charge on any atom is -0.504 e. The van der Waals surface area contributed by atoms with Crippen LogP contribution in [0.25, 0.3) is 0 Å². The highest BCUT2D eigenvalue weighted by Crippen LogP contribution is 2.29. The molecule has 104 valence electrons. The van der Waals surface area contributed by atoms with Crippen molar-refractivity contribution in [1.82, 2.24) is 10.6 Å². The second-order valence-electron chi connectivity index (χ2n) is 4.78. The number of nitrogens with one attached hydrogen (secondary N) is 2. The van der Waals surface area contributed by atoms with E-state index in [0.29, 0.717) is 18.2 Å². The standard InChI is InChI=1S/C14H20N2O3/c1-19-12-6-2-5-11(13(12)17)14(18)16-9-10-4-3-7-15-8-10/h2,5-6,10,15,17H,3-4,7-9H2,1H3,(H,16,18). The van der Waals surface area contributed by atoms with Gasteiger partial charge in [0.1, 0.15) is 0 Å². The summed E-state index contributed by atoms with van der Waals surface area (Å²) in [5.41, 5.74) is 0.253. The van der Waals surface area contributed by atoms with Gasteiger partial charge in [0.05, 0.1) is 12.7 Å². The predicted octanol–water partition coefficient (Wildman–Crippen LogP) is 1.13. The Balaban J connectivity index is 1.95. The molecule has 1 aliphatic heterocycles. The van der Waals surface area contributed by atoms with E-state index in [4.69, 9.17) is 4.74 Å². The Morgan fingerprint density at radius 1 is 1.58 bits per heavy atom. The number of amides is 1. The summed E-state index contributed by atoms with van der Waals surface area (Å²) >= 11 is 0. The van der Waals surface area contributed by atoms with Crippen LogP contribution >= 0.6 is 0 Å². The predicted molar refractivity (Wildman–Crippen MR) is 72.6 cm³/mol. The van der Waals surface area contributed by atoms with Gasteiger partial charge in [0, 0.05) is 6.54 Å². The maximum atomic E-state index is 12.0. The first-order valence-electron chi connectivity index (χ1n) is 6.57. The summed E-state index contributed by atoms with van der Waals surface area (Å²) in [7, 11) is 1.46. The fraction of sp³-hybridized carbons (Fsp3) is 0.500. The summed E-state index contributed by atoms with van der Waals surface area (Å²) in [6.07, 6.45) is 2.27. The monoisotopic (exact) mass is 264 g/mol. The van der Waals surface area contributed by atoms with Gasteiger partial charge in [-0.15, -0.1) is 0 Å². The molecule has 1 amide bonds. The van der Waals surface area contributed by atoms with Crippen LogP contribution in [0.4, 0.5) is 0 Å². The molecule has 2 rings (SSSR count). The first-order valence-corrected chi connectivity index (χ1v) is 6.57. The molecule has 1 aliphatic rings. The third-order valence-corrected chi connectivity index (χ3v) is 3.41. The molecular formula is C14H20N2O3. The van der Waals surface area contributed by atoms with Crippen molar-refractivity contribution in [3.05, 3.63) is 23.8 Å². The Kier molecular flexibility index (Phi) is 4.63. The number of piperidine rings is 1. The maximum Gasteiger partial charge on any atom is 0.255 e. The first kappa shape index (κ1) is 13.7. The minimum absolute atomic E-state index is 0.107. The number of phenolic OH excluding ortho intramolecular Hbond substituents is 1. The molecular weight excluding hydrogens is 244 g/mol. The number of methoxy groups -OCH3 is 1. The summed E-state index contributed by atoms with van der Waals surface area (Å²) in [6.45, 7) is 2.62. The maximum absolute atomic E-state index is 12.0. The van der Waals surface area contributed by atoms with Crippen LogP contribution in [0.15, 0.2) is 18.2 Å². The number of phenols is 1. The van der Waals surface area contributed by atoms with E-state index in [1.807, 2.05) is 0 Å². The summed E-state index contributed by atoms with van der Waals surface area (Å²) in [5.74, 6) is 0.406. The molecule has 1 fully saturated rings. The fourth-order valence-corrected chi connectivity index (χ4v) is 2.30. The number of para-hydroxylation sites is 1. The highest BCUT2D eigenvalue weighted by atomic mass is 16.5. The second-order valence-corrected chi connectivity index (χ2v) is 4.78. The lowest BCUT2D eigenvalue weighted by Crippen LogP contribution is -2.38. The summed E-state index contributed by atoms with van der Waals surface area (Å²) in [5, 5.41) is 16.1. The molecule has 0 radical (unpaired) electrons. The van der Waals surface area contributed by atoms with E-state index in [1.54, 1.807) is 18.2 Å². The van der Waals surface area contributed by atoms with Crippen molar-refractivity contribution in [3.8, 4) is 11.5 Å². The van der Waals surface area contributed by atoms with Gasteiger partial charge in [-0.3, -0.25) is 4.79 Å². The zero-order valence-electron chi connectivity index (χ0n) is 11.1. The highest BCUT2D eigenvalue weighted by molar-refractivity contribution is 5.97. The minimum atomic E-state index is -0.262. The normalized spacial score (nSPS) is 18.9. The number of aromatic hydroxyl groups is 1. The molecule has 1 aromatic carbocycles. The van der Waals surface area contributed by atoms with Crippen molar-refractivity contribution >= 4 is 5.91 Å². The summed E-state index contributed by atoms with van der Waals surface area (Å²) in [4.78, 5) is 12.0. The van der Waals surface area contributed by atoms with Gasteiger partial charge in [0.2, 0.25) is 0 Å². The average molecular weight is 264 g/mol. The van der Waals surface area contributed by atoms with E-state index in [0.717, 1.165) is 25.9 Å². The van der Waals surface area contributed by atoms with Crippen LogP contribution in [0.2, 0.25) is 0 Å². The SMILES string of the molecule is COc1cccc(C(=O)NCC2CCCNC2)c1O. The lowest BCUT2D eigenvalue weighted by molar-refractivity contribution is 0.0941. The van der Waals surface area contributed by atoms with Crippen LogP contribution in [0.3, 0.4) is 0 Å². The van der Waals surface area contributed by atoms with E-state index >= 15 is 0 Å². The topological polar surface area (TPSA) is 70.6 Å². The Morgan fingerprint density at radius 3 is 3.11 bits per heavy atom. The van der Waals surface area contributed by atoms with Crippen molar-refractivity contribution in [1.29, 1.82) is 0 Å². The molecule has 19 heavy (non-hydrogen) atoms. The first-order chi connectivity index (χ1) is 9.22. The van der Waals surface area contributed by atoms with Gasteiger partial charge in [-0.25, -0.2) is 0 Å². The van der Waals surface area contributed by atoms with Crippen molar-refractivity contribution in [3.63, 3.8) is 0 Å². The summed E-state index contributed by atoms with van der Waals surface area (Å²) < 4.78 is 4.99. The van der Waals surface area contributed by atoms with E-state index in [-0.39, 0.29) is 17.2 Å². The molecule has 1 unspecified atom stereocenters. The van der Waals surface area contributed by atoms with Gasteiger partial charge < -0.3 is 20.5 Å². The average Bonchev–Trinajstić information content (AvgIpc) is 2.46. The third-order valence-electron chi connectivity index (χ3n) is 3.41. The van der Waals surface area contributed by atoms with Crippen molar-refractivity contribution in [2.24, 2.45) is 5.92 Å². The van der Waals surface area contributed by atoms with Gasteiger partial charge in [-0.05, 0) is 44.0 Å². The van der Waals surface area contributed by atoms with Gasteiger partial charge in [0.15, 0.2) is 11.5 Å². The zero-order valence-corrected chi connectivity index (χ0v) is 11.1. The molecule has 3 N–H and O–H groups in total. The molecule has 5 nitrogen and oxygen atoms in total. The lowest BCUT2D eigenvalue weighted by atomic mass is 9.99. The summed E-state index contributed by atoms with van der Waals surface area (Å²) in [6, 6.07) is 4.90. The van der Waals surface area contributed by atoms with Gasteiger partial charge in [-0.1, -0.05) is 6.07 Å². The van der Waals surface area contributed by atoms with Gasteiger partial charge >= 0.3 is 0 Å². The van der Waals surface area contributed by atoms with E-state index in [9.17, 15) is 9.90 Å². The Bertz CT molecular complexity index is 442. The number of rotatable bonds is 4. The van der Waals surface area contributed by atoms with Crippen LogP contribution < -0.4 is 15.4 Å². The Morgan fingerprint density at radius 2 is 2.42 bits per heavy atom. The van der Waals surface area contributed by atoms with E-state index in [1.165, 1.54) is 7.11 Å². The van der Waals surface area contributed by atoms with Crippen molar-refractivity contribution in [2.75, 3.05) is 26.7 Å². The van der Waals surface area contributed by atoms with E-state index < -0.39 is 0 Å². The highest BCUT2D eigenvalue weighted by Gasteiger charge is 2.17. The molecule has 0 spiro atoms. The van der Waals surface area contributed by atoms with Crippen LogP contribution in [-0.2, 0) is 0 Å². The molecule has 0 bridgehead atoms. The lowest BCUT2D eigenvalue weighted by Gasteiger charge is -2.23. The number of benzene rings is 1. The number of hydrogen-bond donors (Lipinski definition) is 3.